The first kappa shape index (κ1) is 21.2. The van der Waals surface area contributed by atoms with Gasteiger partial charge in [0.25, 0.3) is 0 Å². The van der Waals surface area contributed by atoms with E-state index >= 15 is 0 Å². The van der Waals surface area contributed by atoms with Gasteiger partial charge in [-0.25, -0.2) is 5.10 Å². The maximum atomic E-state index is 13.3. The van der Waals surface area contributed by atoms with Crippen LogP contribution >= 0.6 is 0 Å². The highest BCUT2D eigenvalue weighted by Crippen LogP contribution is 2.48. The van der Waals surface area contributed by atoms with Crippen molar-refractivity contribution in [3.05, 3.63) is 29.8 Å². The van der Waals surface area contributed by atoms with Crippen molar-refractivity contribution >= 4 is 11.8 Å². The van der Waals surface area contributed by atoms with E-state index in [2.05, 4.69) is 31.6 Å². The molecule has 6 rings (SSSR count). The Kier molecular flexibility index (Phi) is 4.89. The second-order valence-corrected chi connectivity index (χ2v) is 9.95. The van der Waals surface area contributed by atoms with Gasteiger partial charge in [-0.2, -0.15) is 5.26 Å². The minimum atomic E-state index is -0.716. The number of tetrazole rings is 1. The molecule has 1 aliphatic carbocycles. The second-order valence-electron chi connectivity index (χ2n) is 9.95. The molecular weight excluding hydrogens is 434 g/mol. The Morgan fingerprint density at radius 3 is 2.76 bits per heavy atom. The number of H-pyrrole nitrogens is 1. The number of rotatable bonds is 6. The SMILES string of the molecule is C[C@H](c1ccc(-c2nnn[nH]2)cc1)N1C(=O)[C@@H]2C[C@H]1CN2C[C@H](N)C(=O)N1C2C[C@H]2C[C@H]1C#N. The molecule has 1 aromatic heterocycles. The van der Waals surface area contributed by atoms with Crippen LogP contribution in [-0.2, 0) is 9.59 Å². The Morgan fingerprint density at radius 2 is 2.09 bits per heavy atom. The van der Waals surface area contributed by atoms with Crippen LogP contribution in [-0.4, -0.2) is 90.4 Å². The number of piperidine rings is 1. The molecule has 1 saturated carbocycles. The molecule has 3 N–H and O–H groups in total. The van der Waals surface area contributed by atoms with Crippen molar-refractivity contribution in [3.63, 3.8) is 0 Å². The number of piperazine rings is 1. The molecule has 1 unspecified atom stereocenters. The Labute approximate surface area is 196 Å². The van der Waals surface area contributed by atoms with Crippen molar-refractivity contribution in [2.24, 2.45) is 11.7 Å². The molecule has 4 fully saturated rings. The van der Waals surface area contributed by atoms with Crippen LogP contribution in [0.15, 0.2) is 24.3 Å². The van der Waals surface area contributed by atoms with E-state index in [0.717, 1.165) is 30.4 Å². The van der Waals surface area contributed by atoms with Gasteiger partial charge in [0.2, 0.25) is 11.8 Å². The molecule has 1 aromatic carbocycles. The summed E-state index contributed by atoms with van der Waals surface area (Å²) in [7, 11) is 0. The number of aromatic amines is 1. The van der Waals surface area contributed by atoms with E-state index in [0.29, 0.717) is 24.8 Å². The van der Waals surface area contributed by atoms with Crippen molar-refractivity contribution in [2.75, 3.05) is 13.1 Å². The molecule has 4 heterocycles. The molecule has 11 heteroatoms. The first-order valence-corrected chi connectivity index (χ1v) is 11.8. The zero-order valence-corrected chi connectivity index (χ0v) is 18.9. The summed E-state index contributed by atoms with van der Waals surface area (Å²) in [6.07, 6.45) is 2.49. The average molecular weight is 462 g/mol. The maximum Gasteiger partial charge on any atom is 0.242 e. The molecule has 0 radical (unpaired) electrons. The zero-order chi connectivity index (χ0) is 23.6. The van der Waals surface area contributed by atoms with Gasteiger partial charge in [0.1, 0.15) is 6.04 Å². The van der Waals surface area contributed by atoms with Crippen LogP contribution < -0.4 is 5.73 Å². The summed E-state index contributed by atoms with van der Waals surface area (Å²) in [4.78, 5) is 32.0. The summed E-state index contributed by atoms with van der Waals surface area (Å²) in [6.45, 7) is 3.10. The molecule has 2 aromatic rings. The minimum absolute atomic E-state index is 0.0605. The van der Waals surface area contributed by atoms with Crippen molar-refractivity contribution in [3.8, 4) is 17.5 Å². The predicted molar refractivity (Wildman–Crippen MR) is 119 cm³/mol. The summed E-state index contributed by atoms with van der Waals surface area (Å²) in [5, 5.41) is 23.3. The number of carbonyl (C=O) groups is 2. The van der Waals surface area contributed by atoms with E-state index in [4.69, 9.17) is 5.73 Å². The molecule has 3 saturated heterocycles. The lowest BCUT2D eigenvalue weighted by Gasteiger charge is -2.38. The fourth-order valence-corrected chi connectivity index (χ4v) is 6.17. The topological polar surface area (TPSA) is 148 Å². The number of fused-ring (bicyclic) bond motifs is 3. The molecule has 34 heavy (non-hydrogen) atoms. The lowest BCUT2D eigenvalue weighted by molar-refractivity contribution is -0.141. The number of nitrogens with zero attached hydrogens (tertiary/aromatic N) is 7. The standard InChI is InChI=1S/C23H27N9O2/c1-12(13-2-4-14(5-3-13)21-26-28-29-27-21)31-17-8-20(23(31)34)30(10-17)11-18(25)22(33)32-16(9-24)6-15-7-19(15)32/h2-5,12,15-20H,6-8,10-11,25H2,1H3,(H,26,27,28,29)/t12-,15-,16+,17+,18+,19?,20+/m1/s1. The number of likely N-dealkylation sites (tertiary alicyclic amines) is 3. The molecule has 7 atom stereocenters. The Balaban J connectivity index is 1.10. The molecule has 11 nitrogen and oxygen atoms in total. The molecule has 2 bridgehead atoms. The van der Waals surface area contributed by atoms with Crippen LogP contribution in [0.25, 0.3) is 11.4 Å². The van der Waals surface area contributed by atoms with Gasteiger partial charge in [0, 0.05) is 30.7 Å². The monoisotopic (exact) mass is 461 g/mol. The van der Waals surface area contributed by atoms with Crippen molar-refractivity contribution in [2.45, 2.75) is 62.4 Å². The molecule has 4 aliphatic rings. The van der Waals surface area contributed by atoms with E-state index in [1.165, 1.54) is 0 Å². The Morgan fingerprint density at radius 1 is 1.29 bits per heavy atom. The molecular formula is C23H27N9O2. The van der Waals surface area contributed by atoms with Gasteiger partial charge < -0.3 is 15.5 Å². The molecule has 0 spiro atoms. The first-order chi connectivity index (χ1) is 16.5. The summed E-state index contributed by atoms with van der Waals surface area (Å²) in [6, 6.07) is 9.04. The van der Waals surface area contributed by atoms with Crippen molar-refractivity contribution < 1.29 is 9.59 Å². The average Bonchev–Trinajstić information content (AvgIpc) is 3.28. The fraction of sp³-hybridized carbons (Fsp3) is 0.565. The fourth-order valence-electron chi connectivity index (χ4n) is 6.17. The number of hydrogen-bond donors (Lipinski definition) is 2. The largest absolute Gasteiger partial charge is 0.330 e. The van der Waals surface area contributed by atoms with Crippen LogP contribution in [0.3, 0.4) is 0 Å². The van der Waals surface area contributed by atoms with Crippen LogP contribution in [0, 0.1) is 17.2 Å². The first-order valence-electron chi connectivity index (χ1n) is 11.8. The second kappa shape index (κ2) is 7.85. The summed E-state index contributed by atoms with van der Waals surface area (Å²) < 4.78 is 0. The third-order valence-corrected chi connectivity index (χ3v) is 8.00. The predicted octanol–water partition coefficient (Wildman–Crippen LogP) is 0.0531. The van der Waals surface area contributed by atoms with Crippen LogP contribution in [0.4, 0.5) is 0 Å². The van der Waals surface area contributed by atoms with Gasteiger partial charge in [-0.1, -0.05) is 24.3 Å². The van der Waals surface area contributed by atoms with Crippen LogP contribution in [0.2, 0.25) is 0 Å². The number of amides is 2. The number of aromatic nitrogens is 4. The third-order valence-electron chi connectivity index (χ3n) is 8.00. The van der Waals surface area contributed by atoms with E-state index in [1.807, 2.05) is 36.1 Å². The van der Waals surface area contributed by atoms with Gasteiger partial charge in [0.05, 0.1) is 24.2 Å². The van der Waals surface area contributed by atoms with E-state index < -0.39 is 6.04 Å². The number of benzene rings is 1. The van der Waals surface area contributed by atoms with Crippen LogP contribution in [0.5, 0.6) is 0 Å². The summed E-state index contributed by atoms with van der Waals surface area (Å²) in [5.74, 6) is 0.996. The molecule has 2 amide bonds. The number of nitriles is 1. The van der Waals surface area contributed by atoms with Crippen molar-refractivity contribution in [1.29, 1.82) is 5.26 Å². The lowest BCUT2D eigenvalue weighted by Crippen LogP contribution is -2.57. The highest BCUT2D eigenvalue weighted by atomic mass is 16.2. The summed E-state index contributed by atoms with van der Waals surface area (Å²) >= 11 is 0. The van der Waals surface area contributed by atoms with E-state index in [9.17, 15) is 14.9 Å². The number of nitrogens with one attached hydrogen (secondary N) is 1. The van der Waals surface area contributed by atoms with E-state index in [1.54, 1.807) is 4.90 Å². The van der Waals surface area contributed by atoms with Crippen LogP contribution in [0.1, 0.15) is 37.8 Å². The molecule has 3 aliphatic heterocycles. The third kappa shape index (κ3) is 3.28. The van der Waals surface area contributed by atoms with Gasteiger partial charge in [-0.3, -0.25) is 14.5 Å². The van der Waals surface area contributed by atoms with Crippen molar-refractivity contribution in [1.82, 2.24) is 35.3 Å². The van der Waals surface area contributed by atoms with E-state index in [-0.39, 0.29) is 42.0 Å². The summed E-state index contributed by atoms with van der Waals surface area (Å²) in [5.41, 5.74) is 8.24. The zero-order valence-electron chi connectivity index (χ0n) is 18.9. The molecule has 176 valence electrons. The number of hydrogen-bond acceptors (Lipinski definition) is 8. The Hall–Kier alpha value is -3.36. The lowest BCUT2D eigenvalue weighted by atomic mass is 10.0. The highest BCUT2D eigenvalue weighted by Gasteiger charge is 2.56. The normalized spacial score (nSPS) is 31.4. The number of nitrogens with two attached hydrogens (primary N) is 1. The highest BCUT2D eigenvalue weighted by molar-refractivity contribution is 5.87. The van der Waals surface area contributed by atoms with Gasteiger partial charge in [-0.05, 0) is 48.1 Å². The quantitative estimate of drug-likeness (QED) is 0.613. The van der Waals surface area contributed by atoms with Gasteiger partial charge in [0.15, 0.2) is 5.82 Å². The maximum absolute atomic E-state index is 13.3. The number of carbonyl (C=O) groups excluding carboxylic acids is 2. The smallest absolute Gasteiger partial charge is 0.242 e. The minimum Gasteiger partial charge on any atom is -0.330 e. The van der Waals surface area contributed by atoms with Gasteiger partial charge >= 0.3 is 0 Å². The Bertz CT molecular complexity index is 1140. The van der Waals surface area contributed by atoms with Gasteiger partial charge in [-0.15, -0.1) is 5.10 Å².